The van der Waals surface area contributed by atoms with Gasteiger partial charge in [0, 0.05) is 12.5 Å². The molecule has 0 aliphatic rings. The van der Waals surface area contributed by atoms with Crippen molar-refractivity contribution < 1.29 is 13.5 Å². The second kappa shape index (κ2) is 6.48. The average molecular weight is 268 g/mol. The molecule has 2 atom stereocenters. The molecule has 0 spiro atoms. The van der Waals surface area contributed by atoms with Crippen molar-refractivity contribution in [2.75, 3.05) is 6.54 Å². The molecule has 0 saturated heterocycles. The standard InChI is InChI=1S/C14H18F2N2O/c1-4-18-14(3,9-17)8-10(2)19-11-5-6-12(15)13(16)7-11/h5-7,10,18H,4,8H2,1-3H3. The Bertz CT molecular complexity index is 473. The van der Waals surface area contributed by atoms with Gasteiger partial charge in [0.05, 0.1) is 12.2 Å². The third-order valence-electron chi connectivity index (χ3n) is 2.74. The predicted octanol–water partition coefficient (Wildman–Crippen LogP) is 3.01. The SMILES string of the molecule is CCNC(C)(C#N)CC(C)Oc1ccc(F)c(F)c1. The molecule has 1 N–H and O–H groups in total. The number of nitriles is 1. The maximum absolute atomic E-state index is 13.0. The van der Waals surface area contributed by atoms with E-state index in [0.717, 1.165) is 12.1 Å². The first-order valence-corrected chi connectivity index (χ1v) is 6.18. The number of nitrogens with one attached hydrogen (secondary N) is 1. The van der Waals surface area contributed by atoms with Crippen LogP contribution in [0.4, 0.5) is 8.78 Å². The molecular weight excluding hydrogens is 250 g/mol. The van der Waals surface area contributed by atoms with Crippen molar-refractivity contribution in [1.82, 2.24) is 5.32 Å². The van der Waals surface area contributed by atoms with Crippen LogP contribution in [-0.4, -0.2) is 18.2 Å². The van der Waals surface area contributed by atoms with Gasteiger partial charge >= 0.3 is 0 Å². The van der Waals surface area contributed by atoms with Crippen LogP contribution >= 0.6 is 0 Å². The van der Waals surface area contributed by atoms with Crippen molar-refractivity contribution in [3.05, 3.63) is 29.8 Å². The zero-order valence-corrected chi connectivity index (χ0v) is 11.3. The first-order chi connectivity index (χ1) is 8.90. The van der Waals surface area contributed by atoms with Crippen LogP contribution < -0.4 is 10.1 Å². The summed E-state index contributed by atoms with van der Waals surface area (Å²) in [5, 5.41) is 12.2. The third-order valence-corrected chi connectivity index (χ3v) is 2.74. The van der Waals surface area contributed by atoms with E-state index in [9.17, 15) is 8.78 Å². The number of rotatable bonds is 6. The molecule has 1 aromatic carbocycles. The molecule has 1 aromatic rings. The van der Waals surface area contributed by atoms with Crippen LogP contribution in [-0.2, 0) is 0 Å². The molecule has 0 heterocycles. The van der Waals surface area contributed by atoms with E-state index in [2.05, 4.69) is 11.4 Å². The highest BCUT2D eigenvalue weighted by molar-refractivity contribution is 5.24. The summed E-state index contributed by atoms with van der Waals surface area (Å²) in [6, 6.07) is 5.58. The lowest BCUT2D eigenvalue weighted by molar-refractivity contribution is 0.179. The zero-order chi connectivity index (χ0) is 14.5. The van der Waals surface area contributed by atoms with Gasteiger partial charge in [-0.3, -0.25) is 5.32 Å². The van der Waals surface area contributed by atoms with Crippen molar-refractivity contribution >= 4 is 0 Å². The molecular formula is C14H18F2N2O. The van der Waals surface area contributed by atoms with Crippen molar-refractivity contribution in [1.29, 1.82) is 5.26 Å². The van der Waals surface area contributed by atoms with Crippen LogP contribution in [0.5, 0.6) is 5.75 Å². The second-order valence-corrected chi connectivity index (χ2v) is 4.68. The van der Waals surface area contributed by atoms with Crippen LogP contribution in [0, 0.1) is 23.0 Å². The minimum absolute atomic E-state index is 0.253. The van der Waals surface area contributed by atoms with E-state index in [-0.39, 0.29) is 11.9 Å². The molecule has 0 fully saturated rings. The van der Waals surface area contributed by atoms with Crippen molar-refractivity contribution in [2.24, 2.45) is 0 Å². The smallest absolute Gasteiger partial charge is 0.162 e. The Morgan fingerprint density at radius 1 is 1.42 bits per heavy atom. The van der Waals surface area contributed by atoms with E-state index in [0.29, 0.717) is 13.0 Å². The monoisotopic (exact) mass is 268 g/mol. The minimum atomic E-state index is -0.945. The Labute approximate surface area is 112 Å². The molecule has 3 nitrogen and oxygen atoms in total. The lowest BCUT2D eigenvalue weighted by atomic mass is 9.96. The summed E-state index contributed by atoms with van der Waals surface area (Å²) < 4.78 is 31.3. The first kappa shape index (κ1) is 15.4. The summed E-state index contributed by atoms with van der Waals surface area (Å²) in [4.78, 5) is 0. The molecule has 2 unspecified atom stereocenters. The van der Waals surface area contributed by atoms with Crippen molar-refractivity contribution in [3.8, 4) is 11.8 Å². The van der Waals surface area contributed by atoms with Gasteiger partial charge in [-0.15, -0.1) is 0 Å². The Hall–Kier alpha value is -1.67. The molecule has 0 saturated carbocycles. The van der Waals surface area contributed by atoms with E-state index in [1.807, 2.05) is 6.92 Å². The highest BCUT2D eigenvalue weighted by atomic mass is 19.2. The minimum Gasteiger partial charge on any atom is -0.491 e. The summed E-state index contributed by atoms with van der Waals surface area (Å²) in [5.41, 5.74) is -0.702. The molecule has 19 heavy (non-hydrogen) atoms. The maximum atomic E-state index is 13.0. The van der Waals surface area contributed by atoms with E-state index < -0.39 is 17.2 Å². The number of benzene rings is 1. The third kappa shape index (κ3) is 4.49. The van der Waals surface area contributed by atoms with Crippen LogP contribution in [0.25, 0.3) is 0 Å². The Kier molecular flexibility index (Phi) is 5.25. The number of hydrogen-bond donors (Lipinski definition) is 1. The number of nitrogens with zero attached hydrogens (tertiary/aromatic N) is 1. The van der Waals surface area contributed by atoms with Gasteiger partial charge in [-0.25, -0.2) is 8.78 Å². The second-order valence-electron chi connectivity index (χ2n) is 4.68. The van der Waals surface area contributed by atoms with Gasteiger partial charge in [-0.1, -0.05) is 6.92 Å². The Balaban J connectivity index is 2.67. The van der Waals surface area contributed by atoms with Gasteiger partial charge in [0.15, 0.2) is 11.6 Å². The van der Waals surface area contributed by atoms with Gasteiger partial charge in [-0.05, 0) is 32.5 Å². The summed E-state index contributed by atoms with van der Waals surface area (Å²) in [6.45, 7) is 6.15. The van der Waals surface area contributed by atoms with Crippen LogP contribution in [0.3, 0.4) is 0 Å². The molecule has 0 amide bonds. The van der Waals surface area contributed by atoms with Crippen molar-refractivity contribution in [2.45, 2.75) is 38.8 Å². The van der Waals surface area contributed by atoms with Crippen LogP contribution in [0.2, 0.25) is 0 Å². The fourth-order valence-corrected chi connectivity index (χ4v) is 1.95. The normalized spacial score (nSPS) is 15.4. The predicted molar refractivity (Wildman–Crippen MR) is 68.8 cm³/mol. The molecule has 0 aliphatic carbocycles. The first-order valence-electron chi connectivity index (χ1n) is 6.18. The number of hydrogen-bond acceptors (Lipinski definition) is 3. The van der Waals surface area contributed by atoms with Gasteiger partial charge in [-0.2, -0.15) is 5.26 Å². The Morgan fingerprint density at radius 2 is 2.11 bits per heavy atom. The molecule has 1 rings (SSSR count). The fraction of sp³-hybridized carbons (Fsp3) is 0.500. The quantitative estimate of drug-likeness (QED) is 0.862. The summed E-state index contributed by atoms with van der Waals surface area (Å²) >= 11 is 0. The molecule has 5 heteroatoms. The average Bonchev–Trinajstić information content (AvgIpc) is 2.34. The number of halogens is 2. The largest absolute Gasteiger partial charge is 0.491 e. The van der Waals surface area contributed by atoms with Crippen LogP contribution in [0.15, 0.2) is 18.2 Å². The summed E-state index contributed by atoms with van der Waals surface area (Å²) in [7, 11) is 0. The highest BCUT2D eigenvalue weighted by Gasteiger charge is 2.26. The highest BCUT2D eigenvalue weighted by Crippen LogP contribution is 2.20. The van der Waals surface area contributed by atoms with E-state index in [1.54, 1.807) is 13.8 Å². The number of ether oxygens (including phenoxy) is 1. The lowest BCUT2D eigenvalue weighted by Crippen LogP contribution is -2.44. The van der Waals surface area contributed by atoms with E-state index >= 15 is 0 Å². The van der Waals surface area contributed by atoms with Crippen LogP contribution in [0.1, 0.15) is 27.2 Å². The maximum Gasteiger partial charge on any atom is 0.162 e. The Morgan fingerprint density at radius 3 is 2.63 bits per heavy atom. The summed E-state index contributed by atoms with van der Waals surface area (Å²) in [6.07, 6.45) is 0.143. The molecule has 0 aromatic heterocycles. The van der Waals surface area contributed by atoms with Gasteiger partial charge in [0.25, 0.3) is 0 Å². The van der Waals surface area contributed by atoms with E-state index in [1.165, 1.54) is 6.07 Å². The van der Waals surface area contributed by atoms with Gasteiger partial charge in [0.2, 0.25) is 0 Å². The van der Waals surface area contributed by atoms with E-state index in [4.69, 9.17) is 10.00 Å². The van der Waals surface area contributed by atoms with Crippen molar-refractivity contribution in [3.63, 3.8) is 0 Å². The molecule has 0 radical (unpaired) electrons. The molecule has 0 bridgehead atoms. The zero-order valence-electron chi connectivity index (χ0n) is 11.3. The fourth-order valence-electron chi connectivity index (χ4n) is 1.95. The topological polar surface area (TPSA) is 45.0 Å². The van der Waals surface area contributed by atoms with Gasteiger partial charge < -0.3 is 4.74 Å². The van der Waals surface area contributed by atoms with Gasteiger partial charge in [0.1, 0.15) is 11.3 Å². The summed E-state index contributed by atoms with van der Waals surface area (Å²) in [5.74, 6) is -1.60. The lowest BCUT2D eigenvalue weighted by Gasteiger charge is -2.26. The molecule has 0 aliphatic heterocycles. The molecule has 104 valence electrons.